The number of carbonyl (C=O) groups is 2. The number of urea groups is 1. The standard InChI is InChI=1S/C27H34ClF2N7O3/c1-15-12-16(14-38)4-5-19(29)21(15)22-18(28)13-17-24(23(22)30)33-27(32-7-6-20(39)35(2)3)34-25(17)36-8-10-37(11-9-36)26(31)40/h4-5,13,15-16,38H,6-12,14H2,1-3H3,(H2,31,40)(H,32,33,34)/t15-,16+/m0/s1. The molecule has 40 heavy (non-hydrogen) atoms. The fourth-order valence-corrected chi connectivity index (χ4v) is 5.38. The average molecular weight is 578 g/mol. The highest BCUT2D eigenvalue weighted by Crippen LogP contribution is 2.43. The van der Waals surface area contributed by atoms with Crippen LogP contribution < -0.4 is 16.0 Å². The molecule has 1 saturated heterocycles. The number of amides is 3. The number of piperazine rings is 1. The molecule has 10 nitrogen and oxygen atoms in total. The Bertz CT molecular complexity index is 1360. The van der Waals surface area contributed by atoms with E-state index < -0.39 is 23.6 Å². The number of halogens is 3. The zero-order valence-corrected chi connectivity index (χ0v) is 23.5. The normalized spacial score (nSPS) is 19.7. The number of hydrogen-bond donors (Lipinski definition) is 3. The van der Waals surface area contributed by atoms with E-state index in [9.17, 15) is 14.7 Å². The Labute approximate surface area is 236 Å². The maximum absolute atomic E-state index is 16.4. The summed E-state index contributed by atoms with van der Waals surface area (Å²) in [5.41, 5.74) is 5.40. The van der Waals surface area contributed by atoms with Gasteiger partial charge in [0.2, 0.25) is 11.9 Å². The smallest absolute Gasteiger partial charge is 0.314 e. The number of anilines is 2. The van der Waals surface area contributed by atoms with Crippen molar-refractivity contribution >= 4 is 51.8 Å². The summed E-state index contributed by atoms with van der Waals surface area (Å²) < 4.78 is 31.7. The third-order valence-corrected chi connectivity index (χ3v) is 7.60. The van der Waals surface area contributed by atoms with Gasteiger partial charge in [-0.05, 0) is 24.5 Å². The third-order valence-electron chi connectivity index (χ3n) is 7.30. The first kappa shape index (κ1) is 29.5. The van der Waals surface area contributed by atoms with Crippen molar-refractivity contribution in [3.05, 3.63) is 40.4 Å². The molecule has 1 aliphatic carbocycles. The molecule has 0 spiro atoms. The van der Waals surface area contributed by atoms with Gasteiger partial charge < -0.3 is 30.9 Å². The molecule has 4 rings (SSSR count). The zero-order chi connectivity index (χ0) is 29.1. The molecule has 0 unspecified atom stereocenters. The second-order valence-electron chi connectivity index (χ2n) is 10.3. The molecule has 1 aromatic heterocycles. The summed E-state index contributed by atoms with van der Waals surface area (Å²) in [6.07, 6.45) is 3.41. The minimum absolute atomic E-state index is 0.00996. The molecule has 1 aliphatic heterocycles. The Morgan fingerprint density at radius 2 is 1.93 bits per heavy atom. The molecule has 2 heterocycles. The van der Waals surface area contributed by atoms with Crippen LogP contribution in [0.25, 0.3) is 16.5 Å². The van der Waals surface area contributed by atoms with Crippen LogP contribution in [0.1, 0.15) is 25.3 Å². The van der Waals surface area contributed by atoms with Gasteiger partial charge in [-0.2, -0.15) is 4.98 Å². The highest BCUT2D eigenvalue weighted by molar-refractivity contribution is 6.33. The summed E-state index contributed by atoms with van der Waals surface area (Å²) in [5.74, 6) is -1.73. The number of allylic oxidation sites excluding steroid dienone is 3. The molecule has 1 fully saturated rings. The van der Waals surface area contributed by atoms with Crippen LogP contribution in [-0.2, 0) is 4.79 Å². The van der Waals surface area contributed by atoms with Crippen LogP contribution in [0.2, 0.25) is 5.02 Å². The summed E-state index contributed by atoms with van der Waals surface area (Å²) in [4.78, 5) is 37.6. The van der Waals surface area contributed by atoms with E-state index in [1.165, 1.54) is 21.9 Å². The van der Waals surface area contributed by atoms with Gasteiger partial charge in [0.15, 0.2) is 5.82 Å². The molecule has 13 heteroatoms. The van der Waals surface area contributed by atoms with Crippen molar-refractivity contribution in [3.63, 3.8) is 0 Å². The van der Waals surface area contributed by atoms with Gasteiger partial charge in [0, 0.05) is 82.3 Å². The molecule has 0 radical (unpaired) electrons. The fourth-order valence-electron chi connectivity index (χ4n) is 5.09. The molecular formula is C27H34ClF2N7O3. The predicted octanol–water partition coefficient (Wildman–Crippen LogP) is 3.40. The largest absolute Gasteiger partial charge is 0.396 e. The maximum Gasteiger partial charge on any atom is 0.314 e. The van der Waals surface area contributed by atoms with E-state index >= 15 is 8.78 Å². The minimum atomic E-state index is -0.790. The Hall–Kier alpha value is -3.51. The number of fused-ring (bicyclic) bond motifs is 1. The molecule has 216 valence electrons. The quantitative estimate of drug-likeness (QED) is 0.460. The van der Waals surface area contributed by atoms with Crippen LogP contribution in [0, 0.1) is 17.7 Å². The van der Waals surface area contributed by atoms with Gasteiger partial charge in [-0.25, -0.2) is 18.6 Å². The Balaban J connectivity index is 1.81. The molecular weight excluding hydrogens is 544 g/mol. The van der Waals surface area contributed by atoms with E-state index in [1.54, 1.807) is 27.1 Å². The topological polar surface area (TPSA) is 128 Å². The number of nitrogens with zero attached hydrogens (tertiary/aromatic N) is 5. The third kappa shape index (κ3) is 6.12. The number of aromatic nitrogens is 2. The van der Waals surface area contributed by atoms with Crippen LogP contribution in [-0.4, -0.2) is 90.2 Å². The first-order valence-electron chi connectivity index (χ1n) is 13.1. The van der Waals surface area contributed by atoms with Gasteiger partial charge in [0.25, 0.3) is 0 Å². The van der Waals surface area contributed by atoms with Crippen LogP contribution in [0.4, 0.5) is 25.3 Å². The molecule has 3 amide bonds. The molecule has 0 saturated carbocycles. The van der Waals surface area contributed by atoms with Crippen molar-refractivity contribution in [3.8, 4) is 0 Å². The summed E-state index contributed by atoms with van der Waals surface area (Å²) in [6, 6.07) is 1.01. The summed E-state index contributed by atoms with van der Waals surface area (Å²) in [6.45, 7) is 3.30. The number of aliphatic hydroxyl groups excluding tert-OH is 1. The monoisotopic (exact) mass is 577 g/mol. The van der Waals surface area contributed by atoms with Gasteiger partial charge in [0.05, 0.1) is 5.02 Å². The molecule has 2 atom stereocenters. The van der Waals surface area contributed by atoms with E-state index in [1.807, 2.05) is 4.90 Å². The van der Waals surface area contributed by atoms with E-state index in [-0.39, 0.29) is 59.0 Å². The molecule has 2 aromatic rings. The van der Waals surface area contributed by atoms with E-state index in [0.29, 0.717) is 43.8 Å². The van der Waals surface area contributed by atoms with Crippen LogP contribution >= 0.6 is 11.6 Å². The SMILES string of the molecule is C[C@H]1C[C@H](CO)C=CC(F)=C1c1c(Cl)cc2c(N3CCN(C(N)=O)CC3)nc(NCCC(=O)N(C)C)nc2c1F. The summed E-state index contributed by atoms with van der Waals surface area (Å²) in [7, 11) is 3.30. The van der Waals surface area contributed by atoms with Crippen LogP contribution in [0.15, 0.2) is 24.0 Å². The highest BCUT2D eigenvalue weighted by atomic mass is 35.5. The van der Waals surface area contributed by atoms with Gasteiger partial charge >= 0.3 is 6.03 Å². The number of benzene rings is 1. The fraction of sp³-hybridized carbons (Fsp3) is 0.481. The number of primary amides is 1. The lowest BCUT2D eigenvalue weighted by Crippen LogP contribution is -2.50. The van der Waals surface area contributed by atoms with Crippen molar-refractivity contribution in [1.29, 1.82) is 0 Å². The van der Waals surface area contributed by atoms with Crippen molar-refractivity contribution in [2.45, 2.75) is 19.8 Å². The predicted molar refractivity (Wildman–Crippen MR) is 151 cm³/mol. The molecule has 2 aliphatic rings. The second kappa shape index (κ2) is 12.3. The molecule has 0 bridgehead atoms. The summed E-state index contributed by atoms with van der Waals surface area (Å²) >= 11 is 6.64. The number of aliphatic hydroxyl groups is 1. The number of nitrogens with one attached hydrogen (secondary N) is 1. The lowest BCUT2D eigenvalue weighted by atomic mass is 9.87. The van der Waals surface area contributed by atoms with Crippen molar-refractivity contribution in [2.24, 2.45) is 17.6 Å². The first-order valence-corrected chi connectivity index (χ1v) is 13.5. The first-order chi connectivity index (χ1) is 19.0. The number of hydrogen-bond acceptors (Lipinski definition) is 7. The zero-order valence-electron chi connectivity index (χ0n) is 22.8. The van der Waals surface area contributed by atoms with Gasteiger partial charge in [-0.3, -0.25) is 4.79 Å². The number of nitrogens with two attached hydrogens (primary N) is 1. The number of carbonyl (C=O) groups excluding carboxylic acids is 2. The van der Waals surface area contributed by atoms with Gasteiger partial charge in [-0.15, -0.1) is 0 Å². The Kier molecular flexibility index (Phi) is 9.09. The van der Waals surface area contributed by atoms with E-state index in [0.717, 1.165) is 0 Å². The minimum Gasteiger partial charge on any atom is -0.396 e. The van der Waals surface area contributed by atoms with E-state index in [2.05, 4.69) is 15.3 Å². The van der Waals surface area contributed by atoms with Gasteiger partial charge in [0.1, 0.15) is 17.2 Å². The highest BCUT2D eigenvalue weighted by Gasteiger charge is 2.30. The lowest BCUT2D eigenvalue weighted by Gasteiger charge is -2.35. The van der Waals surface area contributed by atoms with E-state index in [4.69, 9.17) is 17.3 Å². The Morgan fingerprint density at radius 1 is 1.23 bits per heavy atom. The average Bonchev–Trinajstić information content (AvgIpc) is 3.06. The van der Waals surface area contributed by atoms with Crippen molar-refractivity contribution < 1.29 is 23.5 Å². The lowest BCUT2D eigenvalue weighted by molar-refractivity contribution is -0.128. The van der Waals surface area contributed by atoms with Crippen molar-refractivity contribution in [1.82, 2.24) is 19.8 Å². The second-order valence-corrected chi connectivity index (χ2v) is 10.7. The Morgan fingerprint density at radius 3 is 2.55 bits per heavy atom. The molecule has 1 aromatic carbocycles. The van der Waals surface area contributed by atoms with Crippen LogP contribution in [0.5, 0.6) is 0 Å². The summed E-state index contributed by atoms with van der Waals surface area (Å²) in [5, 5.41) is 13.0. The maximum atomic E-state index is 16.4. The number of rotatable bonds is 7. The molecule has 4 N–H and O–H groups in total. The van der Waals surface area contributed by atoms with Gasteiger partial charge in [-0.1, -0.05) is 24.6 Å². The van der Waals surface area contributed by atoms with Crippen LogP contribution in [0.3, 0.4) is 0 Å². The van der Waals surface area contributed by atoms with Crippen molar-refractivity contribution in [2.75, 3.05) is 63.6 Å².